The summed E-state index contributed by atoms with van der Waals surface area (Å²) in [6, 6.07) is 0. The molecule has 0 atom stereocenters. The van der Waals surface area contributed by atoms with E-state index in [1.807, 2.05) is 0 Å². The molecule has 0 saturated carbocycles. The van der Waals surface area contributed by atoms with Gasteiger partial charge in [0.25, 0.3) is 0 Å². The van der Waals surface area contributed by atoms with Crippen LogP contribution >= 0.6 is 12.6 Å². The topological polar surface area (TPSA) is 12.0 Å². The van der Waals surface area contributed by atoms with Crippen LogP contribution in [0.4, 0.5) is 0 Å². The summed E-state index contributed by atoms with van der Waals surface area (Å²) < 4.78 is 0. The number of thiol groups is 1. The summed E-state index contributed by atoms with van der Waals surface area (Å²) in [7, 11) is 0. The molecule has 0 amide bonds. The average Bonchev–Trinajstić information content (AvgIpc) is 1.91. The minimum atomic E-state index is 0.973. The van der Waals surface area contributed by atoms with Gasteiger partial charge in [0.05, 0.1) is 0 Å². The molecule has 1 fully saturated rings. The van der Waals surface area contributed by atoms with Gasteiger partial charge < -0.3 is 5.32 Å². The van der Waals surface area contributed by atoms with E-state index in [1.165, 1.54) is 31.3 Å². The fraction of sp³-hybridized carbons (Fsp3) is 0.750. The summed E-state index contributed by atoms with van der Waals surface area (Å²) in [6.45, 7) is 8.02. The molecule has 1 heterocycles. The Morgan fingerprint density at radius 2 is 1.90 bits per heavy atom. The van der Waals surface area contributed by atoms with Gasteiger partial charge in [-0.1, -0.05) is 13.5 Å². The molecule has 2 heteroatoms. The van der Waals surface area contributed by atoms with Crippen LogP contribution in [-0.2, 0) is 0 Å². The lowest BCUT2D eigenvalue weighted by molar-refractivity contribution is 0.402. The SMILES string of the molecule is C=CS.CC1CCNCC1. The van der Waals surface area contributed by atoms with Crippen LogP contribution in [0.25, 0.3) is 0 Å². The van der Waals surface area contributed by atoms with Crippen LogP contribution in [0.2, 0.25) is 0 Å². The molecule has 1 saturated heterocycles. The van der Waals surface area contributed by atoms with Gasteiger partial charge in [-0.2, -0.15) is 12.6 Å². The fourth-order valence-electron chi connectivity index (χ4n) is 0.966. The molecule has 1 aliphatic heterocycles. The minimum absolute atomic E-state index is 0.973. The maximum absolute atomic E-state index is 3.55. The van der Waals surface area contributed by atoms with Gasteiger partial charge in [-0.3, -0.25) is 0 Å². The van der Waals surface area contributed by atoms with Crippen LogP contribution in [0.5, 0.6) is 0 Å². The first kappa shape index (κ1) is 10.0. The van der Waals surface area contributed by atoms with E-state index < -0.39 is 0 Å². The van der Waals surface area contributed by atoms with Crippen molar-refractivity contribution in [2.75, 3.05) is 13.1 Å². The third-order valence-corrected chi connectivity index (χ3v) is 1.63. The predicted octanol–water partition coefficient (Wildman–Crippen LogP) is 2.07. The molecule has 1 N–H and O–H groups in total. The Morgan fingerprint density at radius 3 is 2.10 bits per heavy atom. The van der Waals surface area contributed by atoms with Crippen LogP contribution in [-0.4, -0.2) is 13.1 Å². The lowest BCUT2D eigenvalue weighted by atomic mass is 10.0. The zero-order valence-corrected chi connectivity index (χ0v) is 7.53. The van der Waals surface area contributed by atoms with E-state index >= 15 is 0 Å². The smallest absolute Gasteiger partial charge is 0.00464 e. The quantitative estimate of drug-likeness (QED) is 0.516. The maximum atomic E-state index is 3.55. The second kappa shape index (κ2) is 7.16. The number of piperidine rings is 1. The zero-order chi connectivity index (χ0) is 7.82. The Morgan fingerprint density at radius 1 is 1.50 bits per heavy atom. The van der Waals surface area contributed by atoms with Gasteiger partial charge in [-0.05, 0) is 37.3 Å². The van der Waals surface area contributed by atoms with Crippen LogP contribution in [0.3, 0.4) is 0 Å². The standard InChI is InChI=1S/C6H13N.C2H4S/c1-6-2-4-7-5-3-6;1-2-3/h6-7H,2-5H2,1H3;2-3H,1H2. The summed E-state index contributed by atoms with van der Waals surface area (Å²) in [4.78, 5) is 0. The van der Waals surface area contributed by atoms with E-state index in [2.05, 4.69) is 31.4 Å². The average molecular weight is 159 g/mol. The summed E-state index contributed by atoms with van der Waals surface area (Å²) in [5.74, 6) is 0.973. The summed E-state index contributed by atoms with van der Waals surface area (Å²) in [5, 5.41) is 4.76. The van der Waals surface area contributed by atoms with Crippen molar-refractivity contribution >= 4 is 12.6 Å². The Hall–Kier alpha value is 0.0500. The highest BCUT2D eigenvalue weighted by Crippen LogP contribution is 2.08. The van der Waals surface area contributed by atoms with Gasteiger partial charge in [0.15, 0.2) is 0 Å². The number of hydrogen-bond acceptors (Lipinski definition) is 2. The molecule has 0 aromatic rings. The largest absolute Gasteiger partial charge is 0.317 e. The van der Waals surface area contributed by atoms with Crippen molar-refractivity contribution in [3.8, 4) is 0 Å². The van der Waals surface area contributed by atoms with Crippen molar-refractivity contribution in [3.05, 3.63) is 12.0 Å². The molecule has 1 nitrogen and oxygen atoms in total. The van der Waals surface area contributed by atoms with E-state index in [9.17, 15) is 0 Å². The zero-order valence-electron chi connectivity index (χ0n) is 6.64. The van der Waals surface area contributed by atoms with E-state index in [0.29, 0.717) is 0 Å². The Balaban J connectivity index is 0.000000236. The van der Waals surface area contributed by atoms with Gasteiger partial charge in [0.1, 0.15) is 0 Å². The van der Waals surface area contributed by atoms with Crippen molar-refractivity contribution in [2.45, 2.75) is 19.8 Å². The molecule has 0 radical (unpaired) electrons. The van der Waals surface area contributed by atoms with Crippen LogP contribution in [0.15, 0.2) is 12.0 Å². The summed E-state index contributed by atoms with van der Waals surface area (Å²) in [6.07, 6.45) is 2.75. The molecule has 0 aromatic heterocycles. The second-order valence-corrected chi connectivity index (χ2v) is 2.98. The Labute approximate surface area is 69.3 Å². The van der Waals surface area contributed by atoms with Crippen molar-refractivity contribution in [2.24, 2.45) is 5.92 Å². The molecule has 0 aromatic carbocycles. The first-order valence-electron chi connectivity index (χ1n) is 3.77. The number of nitrogens with one attached hydrogen (secondary N) is 1. The lowest BCUT2D eigenvalue weighted by Crippen LogP contribution is -2.26. The van der Waals surface area contributed by atoms with Crippen molar-refractivity contribution < 1.29 is 0 Å². The van der Waals surface area contributed by atoms with E-state index in [-0.39, 0.29) is 0 Å². The highest BCUT2D eigenvalue weighted by molar-refractivity contribution is 7.83. The monoisotopic (exact) mass is 159 g/mol. The molecular weight excluding hydrogens is 142 g/mol. The highest BCUT2D eigenvalue weighted by atomic mass is 32.1. The Bertz CT molecular complexity index is 77.3. The molecular formula is C8H17NS. The first-order chi connectivity index (χ1) is 4.81. The third kappa shape index (κ3) is 6.17. The van der Waals surface area contributed by atoms with Crippen LogP contribution in [0, 0.1) is 5.92 Å². The van der Waals surface area contributed by atoms with Crippen LogP contribution < -0.4 is 5.32 Å². The number of hydrogen-bond donors (Lipinski definition) is 2. The summed E-state index contributed by atoms with van der Waals surface area (Å²) >= 11 is 3.55. The van der Waals surface area contributed by atoms with Crippen molar-refractivity contribution in [1.29, 1.82) is 0 Å². The normalized spacial score (nSPS) is 19.0. The maximum Gasteiger partial charge on any atom is -0.00464 e. The van der Waals surface area contributed by atoms with E-state index in [1.54, 1.807) is 0 Å². The number of rotatable bonds is 0. The molecule has 0 unspecified atom stereocenters. The van der Waals surface area contributed by atoms with Crippen LogP contribution in [0.1, 0.15) is 19.8 Å². The van der Waals surface area contributed by atoms with Gasteiger partial charge in [-0.25, -0.2) is 0 Å². The predicted molar refractivity (Wildman–Crippen MR) is 50.5 cm³/mol. The first-order valence-corrected chi connectivity index (χ1v) is 4.28. The Kier molecular flexibility index (Phi) is 7.20. The lowest BCUT2D eigenvalue weighted by Gasteiger charge is -2.17. The molecule has 0 bridgehead atoms. The molecule has 0 aliphatic carbocycles. The molecule has 10 heavy (non-hydrogen) atoms. The minimum Gasteiger partial charge on any atom is -0.317 e. The van der Waals surface area contributed by atoms with Gasteiger partial charge >= 0.3 is 0 Å². The van der Waals surface area contributed by atoms with E-state index in [4.69, 9.17) is 0 Å². The highest BCUT2D eigenvalue weighted by Gasteiger charge is 2.04. The van der Waals surface area contributed by atoms with Crippen molar-refractivity contribution in [1.82, 2.24) is 5.32 Å². The molecule has 60 valence electrons. The second-order valence-electron chi connectivity index (χ2n) is 2.62. The van der Waals surface area contributed by atoms with Crippen molar-refractivity contribution in [3.63, 3.8) is 0 Å². The van der Waals surface area contributed by atoms with Gasteiger partial charge in [-0.15, -0.1) is 0 Å². The summed E-state index contributed by atoms with van der Waals surface area (Å²) in [5.41, 5.74) is 0. The fourth-order valence-corrected chi connectivity index (χ4v) is 0.966. The van der Waals surface area contributed by atoms with Gasteiger partial charge in [0.2, 0.25) is 0 Å². The molecule has 1 rings (SSSR count). The molecule has 1 aliphatic rings. The molecule has 0 spiro atoms. The van der Waals surface area contributed by atoms with Gasteiger partial charge in [0, 0.05) is 0 Å². The van der Waals surface area contributed by atoms with E-state index in [0.717, 1.165) is 5.92 Å². The third-order valence-electron chi connectivity index (χ3n) is 1.63.